The number of rotatable bonds is 15. The number of nitrogens with one attached hydrogen (secondary N) is 3. The lowest BCUT2D eigenvalue weighted by atomic mass is 9.82. The highest BCUT2D eigenvalue weighted by Gasteiger charge is 2.33. The predicted octanol–water partition coefficient (Wildman–Crippen LogP) is 2.95. The molecule has 0 aromatic heterocycles. The van der Waals surface area contributed by atoms with Crippen LogP contribution in [0.1, 0.15) is 83.6 Å². The molecule has 1 saturated heterocycles. The first-order valence-corrected chi connectivity index (χ1v) is 17.7. The molecule has 0 spiro atoms. The smallest absolute Gasteiger partial charge is 0.318 e. The second-order valence-corrected chi connectivity index (χ2v) is 14.3. The van der Waals surface area contributed by atoms with E-state index in [0.717, 1.165) is 31.2 Å². The summed E-state index contributed by atoms with van der Waals surface area (Å²) < 4.78 is 0. The Bertz CT molecular complexity index is 1030. The fourth-order valence-corrected chi connectivity index (χ4v) is 6.68. The van der Waals surface area contributed by atoms with Gasteiger partial charge >= 0.3 is 6.03 Å². The van der Waals surface area contributed by atoms with Gasteiger partial charge in [-0.05, 0) is 63.0 Å². The highest BCUT2D eigenvalue weighted by atomic mass is 32.2. The predicted molar refractivity (Wildman–Crippen MR) is 176 cm³/mol. The maximum atomic E-state index is 13.8. The summed E-state index contributed by atoms with van der Waals surface area (Å²) in [5.74, 6) is 0.233. The van der Waals surface area contributed by atoms with Crippen molar-refractivity contribution in [1.82, 2.24) is 20.9 Å². The van der Waals surface area contributed by atoms with E-state index in [2.05, 4.69) is 16.0 Å². The van der Waals surface area contributed by atoms with Gasteiger partial charge in [-0.25, -0.2) is 4.79 Å². The molecule has 11 heteroatoms. The summed E-state index contributed by atoms with van der Waals surface area (Å²) in [5.41, 5.74) is 5.81. The van der Waals surface area contributed by atoms with Gasteiger partial charge in [-0.1, -0.05) is 62.4 Å². The van der Waals surface area contributed by atoms with E-state index in [9.17, 15) is 24.6 Å². The molecule has 1 aliphatic carbocycles. The average Bonchev–Trinajstić information content (AvgIpc) is 2.99. The Kier molecular flexibility index (Phi) is 14.8. The summed E-state index contributed by atoms with van der Waals surface area (Å²) in [6.07, 6.45) is 9.43. The standard InChI is InChI=1S/C33H55N5O5S/c1-33(2,43)22-29(39)27(20-23-10-6-4-7-11-23)36-30(40)26(16-19-44-3)35-31(41)28(21-24-12-8-5-9-13-24)37-32(42)38-17-14-25(34)15-18-38/h5,8-9,12-13,23,25-29,39,43H,4,6-7,10-11,14-22,34H2,1-3H3,(H,35,41)(H,36,40)(H,37,42)/t26-,27-,28-,29-/m0/s1. The largest absolute Gasteiger partial charge is 0.391 e. The fraction of sp³-hybridized carbons (Fsp3) is 0.727. The molecule has 0 bridgehead atoms. The van der Waals surface area contributed by atoms with Gasteiger partial charge in [0.2, 0.25) is 11.8 Å². The molecule has 1 aliphatic heterocycles. The number of nitrogens with two attached hydrogens (primary N) is 1. The zero-order valence-electron chi connectivity index (χ0n) is 26.8. The number of likely N-dealkylation sites (tertiary alicyclic amines) is 1. The lowest BCUT2D eigenvalue weighted by Gasteiger charge is -2.34. The number of hydrogen-bond acceptors (Lipinski definition) is 7. The van der Waals surface area contributed by atoms with E-state index in [0.29, 0.717) is 50.4 Å². The second kappa shape index (κ2) is 18.0. The number of amides is 4. The minimum Gasteiger partial charge on any atom is -0.391 e. The fourth-order valence-electron chi connectivity index (χ4n) is 6.21. The van der Waals surface area contributed by atoms with Crippen molar-refractivity contribution in [2.75, 3.05) is 25.1 Å². The Morgan fingerprint density at radius 2 is 1.61 bits per heavy atom. The molecule has 2 fully saturated rings. The number of urea groups is 1. The summed E-state index contributed by atoms with van der Waals surface area (Å²) in [6.45, 7) is 4.36. The summed E-state index contributed by atoms with van der Waals surface area (Å²) in [7, 11) is 0. The van der Waals surface area contributed by atoms with Crippen molar-refractivity contribution >= 4 is 29.6 Å². The van der Waals surface area contributed by atoms with Crippen LogP contribution in [0.2, 0.25) is 0 Å². The first-order valence-electron chi connectivity index (χ1n) is 16.3. The number of carbonyl (C=O) groups excluding carboxylic acids is 3. The van der Waals surface area contributed by atoms with Crippen molar-refractivity contribution in [2.24, 2.45) is 11.7 Å². The molecule has 1 saturated carbocycles. The normalized spacial score (nSPS) is 19.5. The van der Waals surface area contributed by atoms with Crippen LogP contribution < -0.4 is 21.7 Å². The van der Waals surface area contributed by atoms with Crippen LogP contribution in [0.25, 0.3) is 0 Å². The van der Waals surface area contributed by atoms with Crippen LogP contribution in [-0.4, -0.2) is 93.9 Å². The quantitative estimate of drug-likeness (QED) is 0.173. The molecule has 3 rings (SSSR count). The van der Waals surface area contributed by atoms with E-state index in [1.165, 1.54) is 6.42 Å². The number of benzene rings is 1. The van der Waals surface area contributed by atoms with Gasteiger partial charge in [-0.2, -0.15) is 11.8 Å². The van der Waals surface area contributed by atoms with Gasteiger partial charge in [0.1, 0.15) is 12.1 Å². The number of nitrogens with zero attached hydrogens (tertiary/aromatic N) is 1. The Balaban J connectivity index is 1.75. The number of thioether (sulfide) groups is 1. The number of hydrogen-bond donors (Lipinski definition) is 6. The highest BCUT2D eigenvalue weighted by molar-refractivity contribution is 7.98. The molecule has 7 N–H and O–H groups in total. The Morgan fingerprint density at radius 3 is 2.23 bits per heavy atom. The zero-order chi connectivity index (χ0) is 32.1. The molecule has 10 nitrogen and oxygen atoms in total. The molecule has 0 unspecified atom stereocenters. The third kappa shape index (κ3) is 12.6. The van der Waals surface area contributed by atoms with Gasteiger partial charge in [0, 0.05) is 32.0 Å². The maximum absolute atomic E-state index is 13.8. The molecule has 248 valence electrons. The van der Waals surface area contributed by atoms with Crippen molar-refractivity contribution in [3.63, 3.8) is 0 Å². The average molecular weight is 634 g/mol. The molecule has 44 heavy (non-hydrogen) atoms. The highest BCUT2D eigenvalue weighted by Crippen LogP contribution is 2.29. The molecule has 2 aliphatic rings. The number of aliphatic hydroxyl groups excluding tert-OH is 1. The van der Waals surface area contributed by atoms with Crippen molar-refractivity contribution in [3.8, 4) is 0 Å². The van der Waals surface area contributed by atoms with E-state index >= 15 is 0 Å². The van der Waals surface area contributed by atoms with Crippen molar-refractivity contribution in [1.29, 1.82) is 0 Å². The third-order valence-electron chi connectivity index (χ3n) is 8.78. The van der Waals surface area contributed by atoms with Crippen molar-refractivity contribution < 1.29 is 24.6 Å². The van der Waals surface area contributed by atoms with Gasteiger partial charge in [-0.15, -0.1) is 0 Å². The van der Waals surface area contributed by atoms with E-state index in [-0.39, 0.29) is 30.8 Å². The molecule has 1 aromatic carbocycles. The number of aliphatic hydroxyl groups is 2. The Labute approximate surface area is 267 Å². The number of carbonyl (C=O) groups is 3. The van der Waals surface area contributed by atoms with Gasteiger partial charge in [0.15, 0.2) is 0 Å². The molecular formula is C33H55N5O5S. The van der Waals surface area contributed by atoms with Crippen LogP contribution in [0.5, 0.6) is 0 Å². The van der Waals surface area contributed by atoms with Crippen molar-refractivity contribution in [2.45, 2.75) is 120 Å². The number of piperidine rings is 1. The summed E-state index contributed by atoms with van der Waals surface area (Å²) in [6, 6.07) is 6.96. The van der Waals surface area contributed by atoms with E-state index in [4.69, 9.17) is 5.73 Å². The minimum absolute atomic E-state index is 0.0714. The summed E-state index contributed by atoms with van der Waals surface area (Å²) in [4.78, 5) is 42.4. The van der Waals surface area contributed by atoms with Crippen LogP contribution in [0.15, 0.2) is 30.3 Å². The van der Waals surface area contributed by atoms with Crippen LogP contribution >= 0.6 is 11.8 Å². The molecule has 1 heterocycles. The topological polar surface area (TPSA) is 157 Å². The lowest BCUT2D eigenvalue weighted by molar-refractivity contribution is -0.131. The van der Waals surface area contributed by atoms with Gasteiger partial charge < -0.3 is 36.8 Å². The van der Waals surface area contributed by atoms with E-state index in [1.807, 2.05) is 36.6 Å². The van der Waals surface area contributed by atoms with Crippen molar-refractivity contribution in [3.05, 3.63) is 35.9 Å². The molecule has 4 atom stereocenters. The van der Waals surface area contributed by atoms with Crippen LogP contribution in [0.3, 0.4) is 0 Å². The SMILES string of the molecule is CSCC[C@H](NC(=O)[C@H](Cc1ccccc1)NC(=O)N1CCC(N)CC1)C(=O)N[C@@H](CC1CCCCC1)[C@@H](O)CC(C)(C)O. The first-order chi connectivity index (χ1) is 20.9. The summed E-state index contributed by atoms with van der Waals surface area (Å²) in [5, 5.41) is 30.4. The summed E-state index contributed by atoms with van der Waals surface area (Å²) >= 11 is 1.58. The maximum Gasteiger partial charge on any atom is 0.318 e. The van der Waals surface area contributed by atoms with Crippen LogP contribution in [-0.2, 0) is 16.0 Å². The van der Waals surface area contributed by atoms with E-state index < -0.39 is 35.7 Å². The molecule has 0 radical (unpaired) electrons. The molecule has 4 amide bonds. The van der Waals surface area contributed by atoms with Gasteiger partial charge in [0.25, 0.3) is 0 Å². The zero-order valence-corrected chi connectivity index (χ0v) is 27.6. The van der Waals surface area contributed by atoms with Gasteiger partial charge in [-0.3, -0.25) is 9.59 Å². The third-order valence-corrected chi connectivity index (χ3v) is 9.42. The second-order valence-electron chi connectivity index (χ2n) is 13.3. The Hall–Kier alpha value is -2.34. The van der Waals surface area contributed by atoms with Gasteiger partial charge in [0.05, 0.1) is 17.7 Å². The minimum atomic E-state index is -1.09. The van der Waals surface area contributed by atoms with Crippen LogP contribution in [0, 0.1) is 5.92 Å². The van der Waals surface area contributed by atoms with E-state index in [1.54, 1.807) is 30.5 Å². The Morgan fingerprint density at radius 1 is 0.977 bits per heavy atom. The molecule has 1 aromatic rings. The monoisotopic (exact) mass is 633 g/mol. The van der Waals surface area contributed by atoms with Crippen LogP contribution in [0.4, 0.5) is 4.79 Å². The molecular weight excluding hydrogens is 578 g/mol. The first kappa shape index (κ1) is 36.1. The lowest BCUT2D eigenvalue weighted by Crippen LogP contribution is -2.58.